The van der Waals surface area contributed by atoms with Crippen LogP contribution in [-0.2, 0) is 0 Å². The van der Waals surface area contributed by atoms with Crippen molar-refractivity contribution in [1.82, 2.24) is 4.90 Å². The van der Waals surface area contributed by atoms with Crippen LogP contribution in [0.25, 0.3) is 0 Å². The molecule has 14 heavy (non-hydrogen) atoms. The zero-order chi connectivity index (χ0) is 10.1. The molecule has 0 aliphatic carbocycles. The van der Waals surface area contributed by atoms with Gasteiger partial charge < -0.3 is 5.11 Å². The molecule has 0 aromatic carbocycles. The van der Waals surface area contributed by atoms with Crippen molar-refractivity contribution in [2.45, 2.75) is 44.8 Å². The summed E-state index contributed by atoms with van der Waals surface area (Å²) >= 11 is 0. The molecule has 2 saturated heterocycles. The maximum Gasteiger partial charge on any atom is 0.0760 e. The molecular weight excluding hydrogens is 174 g/mol. The van der Waals surface area contributed by atoms with Crippen molar-refractivity contribution in [3.8, 4) is 0 Å². The van der Waals surface area contributed by atoms with Crippen LogP contribution >= 0.6 is 0 Å². The summed E-state index contributed by atoms with van der Waals surface area (Å²) in [5.74, 6) is 0.342. The first-order valence-corrected chi connectivity index (χ1v) is 5.77. The number of hydrogen-bond acceptors (Lipinski definition) is 2. The van der Waals surface area contributed by atoms with Crippen molar-refractivity contribution in [3.63, 3.8) is 0 Å². The lowest BCUT2D eigenvalue weighted by atomic mass is 9.80. The largest absolute Gasteiger partial charge is 0.391 e. The quantitative estimate of drug-likeness (QED) is 0.645. The second-order valence-corrected chi connectivity index (χ2v) is 4.83. The Balaban J connectivity index is 2.06. The van der Waals surface area contributed by atoms with Crippen LogP contribution in [0.15, 0.2) is 12.2 Å². The van der Waals surface area contributed by atoms with Crippen LogP contribution < -0.4 is 0 Å². The van der Waals surface area contributed by atoms with Crippen LogP contribution in [0, 0.1) is 5.92 Å². The van der Waals surface area contributed by atoms with Gasteiger partial charge in [0.05, 0.1) is 6.10 Å². The second-order valence-electron chi connectivity index (χ2n) is 4.83. The number of aliphatic hydroxyl groups excluding tert-OH is 1. The number of rotatable bonds is 1. The summed E-state index contributed by atoms with van der Waals surface area (Å²) in [5.41, 5.74) is 1.16. The van der Waals surface area contributed by atoms with Gasteiger partial charge in [-0.1, -0.05) is 18.6 Å². The van der Waals surface area contributed by atoms with E-state index in [1.807, 2.05) is 6.92 Å². The summed E-state index contributed by atoms with van der Waals surface area (Å²) in [7, 11) is 0. The van der Waals surface area contributed by atoms with Gasteiger partial charge in [0.1, 0.15) is 0 Å². The molecule has 0 aromatic rings. The van der Waals surface area contributed by atoms with Gasteiger partial charge in [0.2, 0.25) is 0 Å². The van der Waals surface area contributed by atoms with Gasteiger partial charge in [-0.3, -0.25) is 4.90 Å². The third-order valence-electron chi connectivity index (χ3n) is 3.83. The fourth-order valence-electron chi connectivity index (χ4n) is 2.96. The smallest absolute Gasteiger partial charge is 0.0760 e. The van der Waals surface area contributed by atoms with E-state index in [-0.39, 0.29) is 6.10 Å². The Morgan fingerprint density at radius 1 is 1.29 bits per heavy atom. The van der Waals surface area contributed by atoms with E-state index in [9.17, 15) is 5.11 Å². The van der Waals surface area contributed by atoms with E-state index in [0.717, 1.165) is 18.5 Å². The molecule has 2 heteroatoms. The molecule has 2 fully saturated rings. The Kier molecular flexibility index (Phi) is 2.93. The minimum atomic E-state index is -0.165. The Hall–Kier alpha value is -0.340. The van der Waals surface area contributed by atoms with Crippen LogP contribution in [0.5, 0.6) is 0 Å². The van der Waals surface area contributed by atoms with Crippen LogP contribution in [0.2, 0.25) is 0 Å². The fourth-order valence-corrected chi connectivity index (χ4v) is 2.96. The molecule has 2 rings (SSSR count). The third-order valence-corrected chi connectivity index (χ3v) is 3.83. The molecule has 0 aromatic heterocycles. The molecule has 0 spiro atoms. The molecule has 2 aliphatic heterocycles. The van der Waals surface area contributed by atoms with Gasteiger partial charge in [-0.25, -0.2) is 0 Å². The van der Waals surface area contributed by atoms with Gasteiger partial charge in [0.25, 0.3) is 0 Å². The number of hydrogen-bond donors (Lipinski definition) is 1. The van der Waals surface area contributed by atoms with Crippen molar-refractivity contribution in [1.29, 1.82) is 0 Å². The van der Waals surface area contributed by atoms with Crippen LogP contribution in [0.1, 0.15) is 32.6 Å². The van der Waals surface area contributed by atoms with Crippen molar-refractivity contribution in [2.24, 2.45) is 5.92 Å². The normalized spacial score (nSPS) is 39.1. The zero-order valence-electron chi connectivity index (χ0n) is 9.08. The van der Waals surface area contributed by atoms with Gasteiger partial charge in [-0.2, -0.15) is 0 Å². The lowest BCUT2D eigenvalue weighted by Crippen LogP contribution is -2.54. The Morgan fingerprint density at radius 3 is 2.79 bits per heavy atom. The van der Waals surface area contributed by atoms with Gasteiger partial charge in [-0.05, 0) is 39.3 Å². The number of nitrogens with zero attached hydrogens (tertiary/aromatic N) is 1. The van der Waals surface area contributed by atoms with Crippen LogP contribution in [0.4, 0.5) is 0 Å². The Labute approximate surface area is 86.6 Å². The standard InChI is InChI=1S/C12H21NO/c1-9(2)10-6-8-13-7-4-3-5-11(13)12(10)14/h10-12,14H,1,3-8H2,2H3/t10-,11+,12-/m1/s1. The first-order chi connectivity index (χ1) is 6.70. The predicted octanol–water partition coefficient (Wildman–Crippen LogP) is 1.80. The maximum atomic E-state index is 10.2. The minimum absolute atomic E-state index is 0.165. The molecule has 0 bridgehead atoms. The summed E-state index contributed by atoms with van der Waals surface area (Å²) in [5, 5.41) is 10.2. The predicted molar refractivity (Wildman–Crippen MR) is 58.1 cm³/mol. The van der Waals surface area contributed by atoms with Crippen molar-refractivity contribution >= 4 is 0 Å². The van der Waals surface area contributed by atoms with Crippen LogP contribution in [-0.4, -0.2) is 35.2 Å². The van der Waals surface area contributed by atoms with Crippen LogP contribution in [0.3, 0.4) is 0 Å². The highest BCUT2D eigenvalue weighted by Crippen LogP contribution is 2.32. The van der Waals surface area contributed by atoms with Gasteiger partial charge in [0, 0.05) is 12.0 Å². The van der Waals surface area contributed by atoms with E-state index in [0.29, 0.717) is 12.0 Å². The monoisotopic (exact) mass is 195 g/mol. The average molecular weight is 195 g/mol. The molecule has 0 amide bonds. The summed E-state index contributed by atoms with van der Waals surface area (Å²) in [4.78, 5) is 2.47. The summed E-state index contributed by atoms with van der Waals surface area (Å²) in [6.07, 6.45) is 4.68. The number of piperidine rings is 2. The van der Waals surface area contributed by atoms with E-state index in [2.05, 4.69) is 11.5 Å². The molecule has 0 radical (unpaired) electrons. The van der Waals surface area contributed by atoms with E-state index in [1.54, 1.807) is 0 Å². The lowest BCUT2D eigenvalue weighted by molar-refractivity contribution is -0.0351. The summed E-state index contributed by atoms with van der Waals surface area (Å²) < 4.78 is 0. The van der Waals surface area contributed by atoms with Gasteiger partial charge >= 0.3 is 0 Å². The fraction of sp³-hybridized carbons (Fsp3) is 0.833. The van der Waals surface area contributed by atoms with Gasteiger partial charge in [-0.15, -0.1) is 0 Å². The van der Waals surface area contributed by atoms with Crippen molar-refractivity contribution in [3.05, 3.63) is 12.2 Å². The highest BCUT2D eigenvalue weighted by Gasteiger charge is 2.37. The molecule has 2 nitrogen and oxygen atoms in total. The second kappa shape index (κ2) is 4.03. The summed E-state index contributed by atoms with van der Waals surface area (Å²) in [6, 6.07) is 0.416. The van der Waals surface area contributed by atoms with E-state index in [1.165, 1.54) is 25.8 Å². The number of fused-ring (bicyclic) bond motifs is 1. The summed E-state index contributed by atoms with van der Waals surface area (Å²) in [6.45, 7) is 8.37. The average Bonchev–Trinajstić information content (AvgIpc) is 2.18. The molecule has 2 heterocycles. The molecule has 0 saturated carbocycles. The van der Waals surface area contributed by atoms with E-state index in [4.69, 9.17) is 0 Å². The first kappa shape index (κ1) is 10.2. The Morgan fingerprint density at radius 2 is 2.07 bits per heavy atom. The zero-order valence-corrected chi connectivity index (χ0v) is 9.08. The Bertz CT molecular complexity index is 226. The third kappa shape index (κ3) is 1.73. The van der Waals surface area contributed by atoms with Crippen molar-refractivity contribution in [2.75, 3.05) is 13.1 Å². The van der Waals surface area contributed by atoms with Gasteiger partial charge in [0.15, 0.2) is 0 Å². The molecule has 0 unspecified atom stereocenters. The van der Waals surface area contributed by atoms with Crippen molar-refractivity contribution < 1.29 is 5.11 Å². The minimum Gasteiger partial charge on any atom is -0.391 e. The maximum absolute atomic E-state index is 10.2. The topological polar surface area (TPSA) is 23.5 Å². The SMILES string of the molecule is C=C(C)[C@H]1CCN2CCCC[C@H]2[C@@H]1O. The molecular formula is C12H21NO. The number of aliphatic hydroxyl groups is 1. The highest BCUT2D eigenvalue weighted by atomic mass is 16.3. The molecule has 3 atom stereocenters. The molecule has 2 aliphatic rings. The highest BCUT2D eigenvalue weighted by molar-refractivity contribution is 5.05. The molecule has 80 valence electrons. The first-order valence-electron chi connectivity index (χ1n) is 5.77. The molecule has 1 N–H and O–H groups in total. The lowest BCUT2D eigenvalue weighted by Gasteiger charge is -2.46. The van der Waals surface area contributed by atoms with E-state index >= 15 is 0 Å². The van der Waals surface area contributed by atoms with E-state index < -0.39 is 0 Å².